The number of nitrogens with one attached hydrogen (secondary N) is 2. The average molecular weight is 985 g/mol. The number of benzene rings is 2. The number of cyclic esters (lactones) is 2. The number of amides is 2. The highest BCUT2D eigenvalue weighted by atomic mass is 19.1. The summed E-state index contributed by atoms with van der Waals surface area (Å²) in [6.07, 6.45) is 18.3. The van der Waals surface area contributed by atoms with Crippen LogP contribution in [0.1, 0.15) is 90.4 Å². The lowest BCUT2D eigenvalue weighted by Crippen LogP contribution is -2.52. The summed E-state index contributed by atoms with van der Waals surface area (Å²) >= 11 is 0. The van der Waals surface area contributed by atoms with E-state index in [4.69, 9.17) is 18.9 Å². The molecule has 2 aliphatic heterocycles. The molecule has 0 unspecified atom stereocenters. The topological polar surface area (TPSA) is 155 Å². The quantitative estimate of drug-likeness (QED) is 0.116. The number of esters is 2. The van der Waals surface area contributed by atoms with Gasteiger partial charge >= 0.3 is 24.1 Å². The van der Waals surface area contributed by atoms with Crippen LogP contribution in [0.5, 0.6) is 0 Å². The van der Waals surface area contributed by atoms with Gasteiger partial charge in [0.1, 0.15) is 23.8 Å². The van der Waals surface area contributed by atoms with E-state index in [9.17, 15) is 28.0 Å². The van der Waals surface area contributed by atoms with E-state index in [2.05, 4.69) is 32.8 Å². The molecule has 0 bridgehead atoms. The average Bonchev–Trinajstić information content (AvgIpc) is 3.83. The molecule has 380 valence electrons. The first-order valence-electron chi connectivity index (χ1n) is 26.0. The molecule has 4 heterocycles. The molecule has 4 aromatic rings. The Hall–Kier alpha value is -6.44. The number of fused-ring (bicyclic) bond motifs is 4. The van der Waals surface area contributed by atoms with Crippen LogP contribution < -0.4 is 10.6 Å². The van der Waals surface area contributed by atoms with Gasteiger partial charge < -0.3 is 29.6 Å². The van der Waals surface area contributed by atoms with Gasteiger partial charge in [-0.25, -0.2) is 18.4 Å². The van der Waals surface area contributed by atoms with Gasteiger partial charge in [0.25, 0.3) is 0 Å². The van der Waals surface area contributed by atoms with Gasteiger partial charge in [-0.15, -0.1) is 0 Å². The maximum absolute atomic E-state index is 13.6. The molecule has 0 radical (unpaired) electrons. The standard InChI is InChI=1S/2C29H33FN2O4/c2*1-3-35-29(34)32-26-9-5-8-22-23(27-17(2)36-28(33)25(27)15-24(22)26)13-12-21-11-10-19(16-31-21)18-6-4-7-20(30)14-18/h2*4,6-7,10-14,16-17,22-27H,3,5,8-9,15H2,1-2H3,(H,32,34)/b2*13-12+/t17-,22+,23+,24+,25-,26+,27+;17-,22+,23+,24+,25-,26-,27+/m11/s1. The number of hydrogen-bond donors (Lipinski definition) is 2. The van der Waals surface area contributed by atoms with E-state index in [-0.39, 0.29) is 107 Å². The van der Waals surface area contributed by atoms with Gasteiger partial charge in [-0.3, -0.25) is 19.6 Å². The summed E-state index contributed by atoms with van der Waals surface area (Å²) < 4.78 is 48.9. The van der Waals surface area contributed by atoms with E-state index in [1.165, 1.54) is 24.3 Å². The molecule has 2 aromatic carbocycles. The second-order valence-corrected chi connectivity index (χ2v) is 20.4. The molecule has 2 amide bonds. The largest absolute Gasteiger partial charge is 0.462 e. The zero-order chi connectivity index (χ0) is 50.5. The Balaban J connectivity index is 0.000000178. The number of alkyl carbamates (subject to hydrolysis) is 2. The first-order valence-corrected chi connectivity index (χ1v) is 26.0. The molecule has 14 heteroatoms. The van der Waals surface area contributed by atoms with Crippen molar-refractivity contribution in [3.05, 3.63) is 120 Å². The highest BCUT2D eigenvalue weighted by Gasteiger charge is 2.57. The Kier molecular flexibility index (Phi) is 15.8. The number of carbonyl (C=O) groups is 4. The van der Waals surface area contributed by atoms with Crippen molar-refractivity contribution in [3.8, 4) is 22.3 Å². The number of carbonyl (C=O) groups excluding carboxylic acids is 4. The molecule has 14 atom stereocenters. The summed E-state index contributed by atoms with van der Waals surface area (Å²) in [4.78, 5) is 59.1. The normalized spacial score (nSPS) is 31.4. The fourth-order valence-electron chi connectivity index (χ4n) is 13.4. The molecule has 2 saturated heterocycles. The van der Waals surface area contributed by atoms with Crippen LogP contribution >= 0.6 is 0 Å². The highest BCUT2D eigenvalue weighted by molar-refractivity contribution is 5.77. The number of nitrogens with zero attached hydrogens (tertiary/aromatic N) is 2. The molecule has 12 nitrogen and oxygen atoms in total. The van der Waals surface area contributed by atoms with E-state index in [1.807, 2.05) is 62.4 Å². The lowest BCUT2D eigenvalue weighted by atomic mass is 9.56. The molecular formula is C58H66F2N4O8. The van der Waals surface area contributed by atoms with Gasteiger partial charge in [-0.1, -0.05) is 61.4 Å². The number of halogens is 2. The molecule has 2 N–H and O–H groups in total. The summed E-state index contributed by atoms with van der Waals surface area (Å²) in [6.45, 7) is 8.24. The third-order valence-corrected chi connectivity index (χ3v) is 16.4. The number of aromatic nitrogens is 2. The van der Waals surface area contributed by atoms with Crippen molar-refractivity contribution in [2.75, 3.05) is 13.2 Å². The fourth-order valence-corrected chi connectivity index (χ4v) is 13.4. The van der Waals surface area contributed by atoms with E-state index >= 15 is 0 Å². The summed E-state index contributed by atoms with van der Waals surface area (Å²) in [5.41, 5.74) is 4.90. The van der Waals surface area contributed by atoms with Gasteiger partial charge in [0, 0.05) is 47.4 Å². The zero-order valence-corrected chi connectivity index (χ0v) is 41.5. The molecule has 2 aromatic heterocycles. The van der Waals surface area contributed by atoms with Crippen molar-refractivity contribution >= 4 is 36.3 Å². The summed E-state index contributed by atoms with van der Waals surface area (Å²) in [7, 11) is 0. The number of allylic oxidation sites excluding steroid dienone is 2. The molecule has 4 saturated carbocycles. The number of pyridine rings is 2. The minimum Gasteiger partial charge on any atom is -0.462 e. The molecule has 72 heavy (non-hydrogen) atoms. The van der Waals surface area contributed by atoms with Gasteiger partial charge in [0.15, 0.2) is 0 Å². The van der Waals surface area contributed by atoms with Gasteiger partial charge in [0.2, 0.25) is 0 Å². The van der Waals surface area contributed by atoms with Crippen molar-refractivity contribution in [1.29, 1.82) is 0 Å². The predicted octanol–water partition coefficient (Wildman–Crippen LogP) is 11.3. The Morgan fingerprint density at radius 2 is 1.04 bits per heavy atom. The molecule has 6 fully saturated rings. The third kappa shape index (κ3) is 11.1. The van der Waals surface area contributed by atoms with Crippen LogP contribution in [0.2, 0.25) is 0 Å². The van der Waals surface area contributed by atoms with Crippen LogP contribution in [0, 0.1) is 70.8 Å². The summed E-state index contributed by atoms with van der Waals surface area (Å²) in [6, 6.07) is 20.7. The van der Waals surface area contributed by atoms with Crippen molar-refractivity contribution in [2.45, 2.75) is 103 Å². The maximum atomic E-state index is 13.6. The van der Waals surface area contributed by atoms with Crippen molar-refractivity contribution < 1.29 is 46.9 Å². The number of ether oxygens (including phenoxy) is 4. The molecule has 0 spiro atoms. The minimum absolute atomic E-state index is 0.00738. The van der Waals surface area contributed by atoms with Gasteiger partial charge in [-0.2, -0.15) is 0 Å². The first-order chi connectivity index (χ1) is 34.9. The lowest BCUT2D eigenvalue weighted by molar-refractivity contribution is -0.145. The van der Waals surface area contributed by atoms with Gasteiger partial charge in [0.05, 0.1) is 36.4 Å². The van der Waals surface area contributed by atoms with E-state index in [0.29, 0.717) is 25.0 Å². The second kappa shape index (κ2) is 22.5. The Labute approximate surface area is 420 Å². The van der Waals surface area contributed by atoms with Crippen LogP contribution in [0.25, 0.3) is 34.4 Å². The van der Waals surface area contributed by atoms with Crippen LogP contribution in [-0.2, 0) is 28.5 Å². The van der Waals surface area contributed by atoms with Crippen molar-refractivity contribution in [3.63, 3.8) is 0 Å². The monoisotopic (exact) mass is 984 g/mol. The molecule has 4 aliphatic carbocycles. The van der Waals surface area contributed by atoms with Gasteiger partial charge in [-0.05, 0) is 161 Å². The van der Waals surface area contributed by atoms with Crippen LogP contribution in [0.15, 0.2) is 97.3 Å². The van der Waals surface area contributed by atoms with E-state index < -0.39 is 0 Å². The lowest BCUT2D eigenvalue weighted by Gasteiger charge is -2.49. The van der Waals surface area contributed by atoms with Crippen molar-refractivity contribution in [2.24, 2.45) is 59.2 Å². The molecular weight excluding hydrogens is 919 g/mol. The van der Waals surface area contributed by atoms with Crippen LogP contribution in [0.3, 0.4) is 0 Å². The Morgan fingerprint density at radius 3 is 1.42 bits per heavy atom. The Morgan fingerprint density at radius 1 is 0.611 bits per heavy atom. The zero-order valence-electron chi connectivity index (χ0n) is 41.5. The predicted molar refractivity (Wildman–Crippen MR) is 268 cm³/mol. The summed E-state index contributed by atoms with van der Waals surface area (Å²) in [5.74, 6) is 0.465. The number of rotatable bonds is 10. The highest BCUT2D eigenvalue weighted by Crippen LogP contribution is 2.55. The Bertz CT molecular complexity index is 2450. The van der Waals surface area contributed by atoms with Crippen molar-refractivity contribution in [1.82, 2.24) is 20.6 Å². The van der Waals surface area contributed by atoms with E-state index in [1.54, 1.807) is 38.4 Å². The second-order valence-electron chi connectivity index (χ2n) is 20.4. The van der Waals surface area contributed by atoms with E-state index in [0.717, 1.165) is 85.0 Å². The molecule has 6 aliphatic rings. The first kappa shape index (κ1) is 50.5. The number of hydrogen-bond acceptors (Lipinski definition) is 10. The smallest absolute Gasteiger partial charge is 0.407 e. The summed E-state index contributed by atoms with van der Waals surface area (Å²) in [5, 5.41) is 6.14. The van der Waals surface area contributed by atoms with Crippen LogP contribution in [-0.4, -0.2) is 71.6 Å². The maximum Gasteiger partial charge on any atom is 0.407 e. The SMILES string of the molecule is CCOC(=O)N[C@@H]1CCC[C@H]2[C@H](/C=C/c3ccc(-c4cccc(F)c4)cn3)[C@@H]3[C@@H](C)OC(=O)[C@@H]3C[C@@H]21.CCOC(=O)N[C@H]1CCC[C@H]2[C@H](/C=C/c3ccc(-c4cccc(F)c4)cn3)[C@@H]3[C@@H](C)OC(=O)[C@@H]3C[C@@H]21. The van der Waals surface area contributed by atoms with Crippen LogP contribution in [0.4, 0.5) is 18.4 Å². The minimum atomic E-state index is -0.387. The molecule has 10 rings (SSSR count). The fraction of sp³-hybridized carbons (Fsp3) is 0.483. The third-order valence-electron chi connectivity index (χ3n) is 16.4.